The Hall–Kier alpha value is -3.74. The van der Waals surface area contributed by atoms with Gasteiger partial charge in [-0.15, -0.1) is 0 Å². The van der Waals surface area contributed by atoms with Crippen LogP contribution in [0.2, 0.25) is 5.02 Å². The van der Waals surface area contributed by atoms with Crippen LogP contribution in [-0.2, 0) is 20.9 Å². The van der Waals surface area contributed by atoms with E-state index in [1.807, 2.05) is 31.2 Å². The first-order valence-corrected chi connectivity index (χ1v) is 16.5. The maximum atomic E-state index is 14.1. The van der Waals surface area contributed by atoms with Gasteiger partial charge in [-0.2, -0.15) is 0 Å². The van der Waals surface area contributed by atoms with E-state index < -0.39 is 12.0 Å². The van der Waals surface area contributed by atoms with E-state index in [-0.39, 0.29) is 24.7 Å². The molecule has 1 atom stereocenters. The van der Waals surface area contributed by atoms with Crippen LogP contribution in [0.1, 0.15) is 59.4 Å². The van der Waals surface area contributed by atoms with Crippen LogP contribution < -0.4 is 19.6 Å². The Morgan fingerprint density at radius 3 is 2.33 bits per heavy atom. The van der Waals surface area contributed by atoms with Gasteiger partial charge in [0.15, 0.2) is 4.80 Å². The molecule has 0 amide bonds. The molecule has 1 aliphatic heterocycles. The summed E-state index contributed by atoms with van der Waals surface area (Å²) in [6.07, 6.45) is 1.74. The first-order valence-electron chi connectivity index (χ1n) is 14.2. The number of carbonyl (C=O) groups excluding carboxylic acids is 2. The van der Waals surface area contributed by atoms with Crippen molar-refractivity contribution < 1.29 is 23.8 Å². The van der Waals surface area contributed by atoms with Crippen LogP contribution in [0.5, 0.6) is 5.75 Å². The molecular formula is C34H30ClIN2O6S. The van der Waals surface area contributed by atoms with Gasteiger partial charge >= 0.3 is 11.9 Å². The summed E-state index contributed by atoms with van der Waals surface area (Å²) in [6, 6.07) is 17.6. The Morgan fingerprint density at radius 1 is 1.00 bits per heavy atom. The molecule has 4 aromatic rings. The maximum absolute atomic E-state index is 14.1. The third-order valence-electron chi connectivity index (χ3n) is 7.08. The summed E-state index contributed by atoms with van der Waals surface area (Å²) in [5.41, 5.74) is 4.30. The van der Waals surface area contributed by atoms with E-state index in [4.69, 9.17) is 25.8 Å². The van der Waals surface area contributed by atoms with Crippen molar-refractivity contribution in [2.45, 2.75) is 40.3 Å². The largest absolute Gasteiger partial charge is 0.487 e. The Bertz CT molecular complexity index is 1980. The summed E-state index contributed by atoms with van der Waals surface area (Å²) in [5, 5.41) is 0.488. The number of esters is 2. The number of halogens is 2. The number of aryl methyl sites for hydroxylation is 1. The predicted molar refractivity (Wildman–Crippen MR) is 182 cm³/mol. The van der Waals surface area contributed by atoms with E-state index in [1.165, 1.54) is 11.3 Å². The normalized spacial score (nSPS) is 14.5. The second-order valence-electron chi connectivity index (χ2n) is 10.2. The Kier molecular flexibility index (Phi) is 10.3. The second kappa shape index (κ2) is 14.1. The summed E-state index contributed by atoms with van der Waals surface area (Å²) in [4.78, 5) is 44.4. The van der Waals surface area contributed by atoms with Crippen LogP contribution in [0.4, 0.5) is 0 Å². The van der Waals surface area contributed by atoms with Crippen LogP contribution in [-0.4, -0.2) is 29.7 Å². The zero-order valence-electron chi connectivity index (χ0n) is 25.1. The Labute approximate surface area is 282 Å². The smallest absolute Gasteiger partial charge is 0.338 e. The minimum Gasteiger partial charge on any atom is -0.487 e. The van der Waals surface area contributed by atoms with Gasteiger partial charge in [0.25, 0.3) is 5.56 Å². The fourth-order valence-corrected chi connectivity index (χ4v) is 7.19. The van der Waals surface area contributed by atoms with Crippen LogP contribution in [0.15, 0.2) is 81.7 Å². The van der Waals surface area contributed by atoms with Crippen molar-refractivity contribution in [1.82, 2.24) is 4.57 Å². The van der Waals surface area contributed by atoms with E-state index in [2.05, 4.69) is 27.6 Å². The van der Waals surface area contributed by atoms with Gasteiger partial charge in [-0.1, -0.05) is 64.9 Å². The highest BCUT2D eigenvalue weighted by Gasteiger charge is 2.33. The van der Waals surface area contributed by atoms with Crippen molar-refractivity contribution in [2.75, 3.05) is 13.2 Å². The number of hydrogen-bond acceptors (Lipinski definition) is 8. The highest BCUT2D eigenvalue weighted by Crippen LogP contribution is 2.32. The molecule has 0 unspecified atom stereocenters. The molecular weight excluding hydrogens is 727 g/mol. The summed E-state index contributed by atoms with van der Waals surface area (Å²) in [7, 11) is 0. The van der Waals surface area contributed by atoms with Gasteiger partial charge in [0.1, 0.15) is 12.4 Å². The molecule has 0 N–H and O–H groups in total. The van der Waals surface area contributed by atoms with Gasteiger partial charge in [0, 0.05) is 10.6 Å². The van der Waals surface area contributed by atoms with Crippen LogP contribution in [0.3, 0.4) is 0 Å². The molecule has 0 radical (unpaired) electrons. The second-order valence-corrected chi connectivity index (χ2v) is 12.8. The van der Waals surface area contributed by atoms with Crippen molar-refractivity contribution in [3.05, 3.63) is 128 Å². The van der Waals surface area contributed by atoms with Crippen molar-refractivity contribution in [3.8, 4) is 5.75 Å². The number of nitrogens with zero attached hydrogens (tertiary/aromatic N) is 2. The maximum Gasteiger partial charge on any atom is 0.338 e. The van der Waals surface area contributed by atoms with Crippen LogP contribution in [0.25, 0.3) is 6.08 Å². The lowest BCUT2D eigenvalue weighted by molar-refractivity contribution is -0.139. The lowest BCUT2D eigenvalue weighted by Crippen LogP contribution is -2.39. The molecule has 2 heterocycles. The number of allylic oxidation sites excluding steroid dienone is 1. The number of hydrogen-bond donors (Lipinski definition) is 0. The Morgan fingerprint density at radius 2 is 1.67 bits per heavy atom. The van der Waals surface area contributed by atoms with Crippen molar-refractivity contribution >= 4 is 63.5 Å². The molecule has 0 aliphatic carbocycles. The molecule has 1 aromatic heterocycles. The summed E-state index contributed by atoms with van der Waals surface area (Å²) in [6.45, 7) is 7.97. The number of carbonyl (C=O) groups is 2. The van der Waals surface area contributed by atoms with Gasteiger partial charge in [-0.05, 0) is 91.8 Å². The number of thiazole rings is 1. The first-order chi connectivity index (χ1) is 21.6. The molecule has 0 spiro atoms. The van der Waals surface area contributed by atoms with Crippen molar-refractivity contribution in [3.63, 3.8) is 0 Å². The predicted octanol–water partition coefficient (Wildman–Crippen LogP) is 6.12. The van der Waals surface area contributed by atoms with Crippen LogP contribution in [0, 0.1) is 10.5 Å². The highest BCUT2D eigenvalue weighted by atomic mass is 127. The number of benzene rings is 3. The fourth-order valence-electron chi connectivity index (χ4n) is 4.94. The lowest BCUT2D eigenvalue weighted by atomic mass is 9.95. The van der Waals surface area contributed by atoms with E-state index in [0.29, 0.717) is 49.1 Å². The van der Waals surface area contributed by atoms with Crippen molar-refractivity contribution in [2.24, 2.45) is 4.99 Å². The summed E-state index contributed by atoms with van der Waals surface area (Å²) < 4.78 is 19.4. The van der Waals surface area contributed by atoms with Crippen molar-refractivity contribution in [1.29, 1.82) is 0 Å². The summed E-state index contributed by atoms with van der Waals surface area (Å²) in [5.74, 6) is -0.331. The quantitative estimate of drug-likeness (QED) is 0.151. The standard InChI is InChI=1S/C34H30ClIN2O6S/c1-5-42-32(40)23-13-9-21(10-14-23)18-44-30-24(15-25(35)17-26(30)36)16-27-31(39)38-29(22-11-7-19(3)8-12-22)28(33(41)43-6-2)20(4)37-34(38)45-27/h7-17,29H,5-6,18H2,1-4H3/b27-16-/t29-/m0/s1. The molecule has 8 nitrogen and oxygen atoms in total. The van der Waals surface area contributed by atoms with Gasteiger partial charge < -0.3 is 14.2 Å². The highest BCUT2D eigenvalue weighted by molar-refractivity contribution is 14.1. The van der Waals surface area contributed by atoms with Gasteiger partial charge in [0.05, 0.1) is 44.2 Å². The minimum atomic E-state index is -0.698. The number of aromatic nitrogens is 1. The molecule has 45 heavy (non-hydrogen) atoms. The minimum absolute atomic E-state index is 0.201. The summed E-state index contributed by atoms with van der Waals surface area (Å²) >= 11 is 9.84. The third-order valence-corrected chi connectivity index (χ3v) is 9.08. The molecule has 1 aliphatic rings. The molecule has 5 rings (SSSR count). The number of rotatable bonds is 9. The average Bonchev–Trinajstić information content (AvgIpc) is 3.30. The molecule has 0 fully saturated rings. The monoisotopic (exact) mass is 756 g/mol. The molecule has 3 aromatic carbocycles. The molecule has 232 valence electrons. The average molecular weight is 757 g/mol. The first kappa shape index (κ1) is 32.6. The van der Waals surface area contributed by atoms with Gasteiger partial charge in [-0.3, -0.25) is 9.36 Å². The topological polar surface area (TPSA) is 96.2 Å². The van der Waals surface area contributed by atoms with Gasteiger partial charge in [0.2, 0.25) is 0 Å². The van der Waals surface area contributed by atoms with Crippen LogP contribution >= 0.6 is 45.5 Å². The molecule has 0 bridgehead atoms. The fraction of sp³-hybridized carbons (Fsp3) is 0.235. The SMILES string of the molecule is CCOC(=O)C1=C(C)N=c2s/c(=C\c3cc(Cl)cc(I)c3OCc3ccc(C(=O)OCC)cc3)c(=O)n2[C@H]1c1ccc(C)cc1. The van der Waals surface area contributed by atoms with E-state index in [9.17, 15) is 14.4 Å². The van der Waals surface area contributed by atoms with E-state index in [0.717, 1.165) is 20.3 Å². The van der Waals surface area contributed by atoms with Gasteiger partial charge in [-0.25, -0.2) is 14.6 Å². The molecule has 0 saturated carbocycles. The zero-order valence-corrected chi connectivity index (χ0v) is 28.8. The zero-order chi connectivity index (χ0) is 32.2. The lowest BCUT2D eigenvalue weighted by Gasteiger charge is -2.24. The Balaban J connectivity index is 1.56. The molecule has 0 saturated heterocycles. The van der Waals surface area contributed by atoms with E-state index >= 15 is 0 Å². The number of fused-ring (bicyclic) bond motifs is 1. The third kappa shape index (κ3) is 7.08. The molecule has 11 heteroatoms. The van der Waals surface area contributed by atoms with E-state index in [1.54, 1.807) is 67.8 Å². The number of ether oxygens (including phenoxy) is 3.